The van der Waals surface area contributed by atoms with E-state index in [4.69, 9.17) is 4.74 Å². The molecule has 0 atom stereocenters. The maximum absolute atomic E-state index is 13.6. The zero-order chi connectivity index (χ0) is 18.5. The van der Waals surface area contributed by atoms with E-state index < -0.39 is 0 Å². The average Bonchev–Trinajstić information content (AvgIpc) is 2.99. The molecule has 1 aromatic heterocycles. The van der Waals surface area contributed by atoms with Gasteiger partial charge in [-0.3, -0.25) is 4.79 Å². The molecule has 1 amide bonds. The van der Waals surface area contributed by atoms with E-state index in [2.05, 4.69) is 10.3 Å². The van der Waals surface area contributed by atoms with Crippen LogP contribution in [-0.2, 0) is 13.2 Å². The van der Waals surface area contributed by atoms with Gasteiger partial charge in [0, 0.05) is 17.0 Å². The molecular weight excluding hydrogens is 351 g/mol. The van der Waals surface area contributed by atoms with Crippen LogP contribution < -0.4 is 10.1 Å². The largest absolute Gasteiger partial charge is 0.489 e. The Hall–Kier alpha value is -2.73. The zero-order valence-electron chi connectivity index (χ0n) is 14.6. The minimum absolute atomic E-state index is 0.172. The van der Waals surface area contributed by atoms with Crippen LogP contribution in [0.25, 0.3) is 0 Å². The van der Waals surface area contributed by atoms with Gasteiger partial charge < -0.3 is 10.1 Å². The van der Waals surface area contributed by atoms with Crippen LogP contribution in [0.4, 0.5) is 4.39 Å². The molecule has 0 radical (unpaired) electrons. The van der Waals surface area contributed by atoms with Crippen molar-refractivity contribution in [3.05, 3.63) is 81.1 Å². The van der Waals surface area contributed by atoms with Crippen LogP contribution in [0.5, 0.6) is 5.75 Å². The van der Waals surface area contributed by atoms with Gasteiger partial charge in [-0.25, -0.2) is 9.37 Å². The van der Waals surface area contributed by atoms with Crippen LogP contribution in [0.15, 0.2) is 48.5 Å². The molecule has 0 unspecified atom stereocenters. The van der Waals surface area contributed by atoms with E-state index in [9.17, 15) is 9.18 Å². The number of ether oxygens (including phenoxy) is 1. The monoisotopic (exact) mass is 370 g/mol. The second-order valence-electron chi connectivity index (χ2n) is 5.87. The molecule has 26 heavy (non-hydrogen) atoms. The van der Waals surface area contributed by atoms with Crippen molar-refractivity contribution in [3.8, 4) is 5.75 Å². The third-order valence-electron chi connectivity index (χ3n) is 3.95. The molecule has 1 N–H and O–H groups in total. The Morgan fingerprint density at radius 3 is 2.54 bits per heavy atom. The highest BCUT2D eigenvalue weighted by Gasteiger charge is 2.12. The van der Waals surface area contributed by atoms with Crippen molar-refractivity contribution in [1.29, 1.82) is 0 Å². The second-order valence-corrected chi connectivity index (χ2v) is 7.07. The number of carbonyl (C=O) groups is 1. The molecule has 0 aliphatic heterocycles. The van der Waals surface area contributed by atoms with Gasteiger partial charge in [0.05, 0.1) is 5.69 Å². The third kappa shape index (κ3) is 4.46. The summed E-state index contributed by atoms with van der Waals surface area (Å²) in [5.74, 6) is 0.195. The molecule has 0 saturated carbocycles. The standard InChI is InChI=1S/C20H19FN2O2S/c1-13-14(2)26-20(23-13)19(24)22-11-15-7-9-17(10-8-15)25-12-16-5-3-4-6-18(16)21/h3-10H,11-12H2,1-2H3,(H,22,24). The fourth-order valence-electron chi connectivity index (χ4n) is 2.31. The minimum atomic E-state index is -0.278. The topological polar surface area (TPSA) is 51.2 Å². The van der Waals surface area contributed by atoms with Gasteiger partial charge >= 0.3 is 0 Å². The van der Waals surface area contributed by atoms with Crippen LogP contribution in [0.2, 0.25) is 0 Å². The molecule has 0 saturated heterocycles. The number of halogens is 1. The fraction of sp³-hybridized carbons (Fsp3) is 0.200. The van der Waals surface area contributed by atoms with Gasteiger partial charge in [0.15, 0.2) is 5.01 Å². The minimum Gasteiger partial charge on any atom is -0.489 e. The first-order valence-electron chi connectivity index (χ1n) is 8.20. The Bertz CT molecular complexity index is 887. The molecule has 134 valence electrons. The fourth-order valence-corrected chi connectivity index (χ4v) is 3.14. The van der Waals surface area contributed by atoms with Gasteiger partial charge in [0.25, 0.3) is 5.91 Å². The Kier molecular flexibility index (Phi) is 5.63. The molecule has 0 bridgehead atoms. The Morgan fingerprint density at radius 1 is 1.15 bits per heavy atom. The van der Waals surface area contributed by atoms with Crippen molar-refractivity contribution in [3.63, 3.8) is 0 Å². The van der Waals surface area contributed by atoms with Crippen LogP contribution >= 0.6 is 11.3 Å². The second kappa shape index (κ2) is 8.10. The quantitative estimate of drug-likeness (QED) is 0.699. The summed E-state index contributed by atoms with van der Waals surface area (Å²) in [5, 5.41) is 3.34. The number of nitrogens with zero attached hydrogens (tertiary/aromatic N) is 1. The van der Waals surface area contributed by atoms with Gasteiger partial charge in [-0.15, -0.1) is 11.3 Å². The highest BCUT2D eigenvalue weighted by molar-refractivity contribution is 7.13. The van der Waals surface area contributed by atoms with E-state index in [1.165, 1.54) is 17.4 Å². The summed E-state index contributed by atoms with van der Waals surface area (Å²) in [6.07, 6.45) is 0. The first-order chi connectivity index (χ1) is 12.5. The Labute approximate surface area is 155 Å². The number of nitrogens with one attached hydrogen (secondary N) is 1. The number of benzene rings is 2. The first kappa shape index (κ1) is 18.1. The number of rotatable bonds is 6. The predicted molar refractivity (Wildman–Crippen MR) is 99.9 cm³/mol. The highest BCUT2D eigenvalue weighted by atomic mass is 32.1. The van der Waals surface area contributed by atoms with Gasteiger partial charge in [-0.2, -0.15) is 0 Å². The molecule has 2 aromatic carbocycles. The zero-order valence-corrected chi connectivity index (χ0v) is 15.4. The lowest BCUT2D eigenvalue weighted by Gasteiger charge is -2.08. The molecule has 0 fully saturated rings. The summed E-state index contributed by atoms with van der Waals surface area (Å²) < 4.78 is 19.2. The highest BCUT2D eigenvalue weighted by Crippen LogP contribution is 2.17. The maximum atomic E-state index is 13.6. The van der Waals surface area contributed by atoms with Crippen molar-refractivity contribution >= 4 is 17.2 Å². The molecule has 0 aliphatic rings. The number of hydrogen-bond donors (Lipinski definition) is 1. The van der Waals surface area contributed by atoms with Crippen LogP contribution in [0.1, 0.15) is 31.5 Å². The lowest BCUT2D eigenvalue weighted by atomic mass is 10.2. The van der Waals surface area contributed by atoms with Crippen LogP contribution in [-0.4, -0.2) is 10.9 Å². The third-order valence-corrected chi connectivity index (χ3v) is 5.02. The van der Waals surface area contributed by atoms with E-state index in [1.807, 2.05) is 26.0 Å². The van der Waals surface area contributed by atoms with Gasteiger partial charge in [-0.1, -0.05) is 30.3 Å². The van der Waals surface area contributed by atoms with E-state index in [-0.39, 0.29) is 18.3 Å². The van der Waals surface area contributed by atoms with E-state index in [0.717, 1.165) is 16.1 Å². The molecular formula is C20H19FN2O2S. The van der Waals surface area contributed by atoms with Gasteiger partial charge in [-0.05, 0) is 37.6 Å². The predicted octanol–water partition coefficient (Wildman–Crippen LogP) is 4.41. The molecule has 0 aliphatic carbocycles. The first-order valence-corrected chi connectivity index (χ1v) is 9.02. The van der Waals surface area contributed by atoms with E-state index in [1.54, 1.807) is 30.3 Å². The molecule has 6 heteroatoms. The van der Waals surface area contributed by atoms with Crippen molar-refractivity contribution in [2.24, 2.45) is 0 Å². The number of hydrogen-bond acceptors (Lipinski definition) is 4. The smallest absolute Gasteiger partial charge is 0.280 e. The van der Waals surface area contributed by atoms with Crippen molar-refractivity contribution in [1.82, 2.24) is 10.3 Å². The van der Waals surface area contributed by atoms with Gasteiger partial charge in [0.2, 0.25) is 0 Å². The number of aromatic nitrogens is 1. The van der Waals surface area contributed by atoms with Gasteiger partial charge in [0.1, 0.15) is 18.2 Å². The van der Waals surface area contributed by atoms with Crippen molar-refractivity contribution in [2.45, 2.75) is 27.0 Å². The lowest BCUT2D eigenvalue weighted by molar-refractivity contribution is 0.0950. The van der Waals surface area contributed by atoms with Crippen molar-refractivity contribution in [2.75, 3.05) is 0 Å². The number of aryl methyl sites for hydroxylation is 2. The van der Waals surface area contributed by atoms with Crippen molar-refractivity contribution < 1.29 is 13.9 Å². The van der Waals surface area contributed by atoms with Crippen LogP contribution in [0, 0.1) is 19.7 Å². The average molecular weight is 370 g/mol. The summed E-state index contributed by atoms with van der Waals surface area (Å²) in [6.45, 7) is 4.42. The molecule has 3 aromatic rings. The SMILES string of the molecule is Cc1nc(C(=O)NCc2ccc(OCc3ccccc3F)cc2)sc1C. The Balaban J connectivity index is 1.53. The van der Waals surface area contributed by atoms with E-state index in [0.29, 0.717) is 22.9 Å². The number of carbonyl (C=O) groups excluding carboxylic acids is 1. The molecule has 0 spiro atoms. The summed E-state index contributed by atoms with van der Waals surface area (Å²) in [4.78, 5) is 17.4. The molecule has 3 rings (SSSR count). The van der Waals surface area contributed by atoms with E-state index >= 15 is 0 Å². The maximum Gasteiger partial charge on any atom is 0.280 e. The number of amides is 1. The normalized spacial score (nSPS) is 10.6. The Morgan fingerprint density at radius 2 is 1.88 bits per heavy atom. The van der Waals surface area contributed by atoms with Crippen LogP contribution in [0.3, 0.4) is 0 Å². The molecule has 1 heterocycles. The summed E-state index contributed by atoms with van der Waals surface area (Å²) in [5.41, 5.74) is 2.34. The summed E-state index contributed by atoms with van der Waals surface area (Å²) in [6, 6.07) is 13.9. The summed E-state index contributed by atoms with van der Waals surface area (Å²) in [7, 11) is 0. The lowest BCUT2D eigenvalue weighted by Crippen LogP contribution is -2.22. The number of thiazole rings is 1. The summed E-state index contributed by atoms with van der Waals surface area (Å²) >= 11 is 1.39. The molecule has 4 nitrogen and oxygen atoms in total.